The molecule has 0 saturated heterocycles. The number of hydrogen-bond acceptors (Lipinski definition) is 3. The van der Waals surface area contributed by atoms with E-state index in [1.807, 2.05) is 12.1 Å². The third-order valence-electron chi connectivity index (χ3n) is 3.09. The van der Waals surface area contributed by atoms with Crippen LogP contribution in [0.4, 0.5) is 0 Å². The van der Waals surface area contributed by atoms with Gasteiger partial charge in [0.25, 0.3) is 0 Å². The van der Waals surface area contributed by atoms with Gasteiger partial charge in [0, 0.05) is 19.7 Å². The lowest BCUT2D eigenvalue weighted by Gasteiger charge is -2.26. The Labute approximate surface area is 108 Å². The molecule has 0 radical (unpaired) electrons. The Morgan fingerprint density at radius 1 is 1.39 bits per heavy atom. The fourth-order valence-corrected chi connectivity index (χ4v) is 1.92. The molecule has 18 heavy (non-hydrogen) atoms. The summed E-state index contributed by atoms with van der Waals surface area (Å²) in [6, 6.07) is 7.39. The highest BCUT2D eigenvalue weighted by Crippen LogP contribution is 2.10. The first-order valence-electron chi connectivity index (χ1n) is 6.09. The van der Waals surface area contributed by atoms with Gasteiger partial charge >= 0.3 is 5.97 Å². The zero-order chi connectivity index (χ0) is 13.5. The first-order valence-corrected chi connectivity index (χ1v) is 6.09. The van der Waals surface area contributed by atoms with Crippen molar-refractivity contribution in [2.75, 3.05) is 20.8 Å². The Bertz CT molecular complexity index is 375. The summed E-state index contributed by atoms with van der Waals surface area (Å²) in [6.07, 6.45) is 1.03. The highest BCUT2D eigenvalue weighted by atomic mass is 16.5. The third kappa shape index (κ3) is 4.13. The molecule has 0 fully saturated rings. The van der Waals surface area contributed by atoms with E-state index >= 15 is 0 Å². The number of benzene rings is 1. The van der Waals surface area contributed by atoms with E-state index in [-0.39, 0.29) is 0 Å². The summed E-state index contributed by atoms with van der Waals surface area (Å²) in [7, 11) is 3.76. The minimum Gasteiger partial charge on any atom is -0.478 e. The van der Waals surface area contributed by atoms with Crippen molar-refractivity contribution >= 4 is 5.97 Å². The van der Waals surface area contributed by atoms with Crippen molar-refractivity contribution < 1.29 is 14.6 Å². The van der Waals surface area contributed by atoms with Crippen LogP contribution in [0, 0.1) is 0 Å². The molecule has 1 N–H and O–H groups in total. The zero-order valence-electron chi connectivity index (χ0n) is 11.2. The van der Waals surface area contributed by atoms with Gasteiger partial charge in [-0.3, -0.25) is 4.90 Å². The third-order valence-corrected chi connectivity index (χ3v) is 3.09. The summed E-state index contributed by atoms with van der Waals surface area (Å²) < 4.78 is 5.18. The fraction of sp³-hybridized carbons (Fsp3) is 0.500. The highest BCUT2D eigenvalue weighted by molar-refractivity contribution is 5.87. The van der Waals surface area contributed by atoms with Crippen LogP contribution in [0.25, 0.3) is 0 Å². The van der Waals surface area contributed by atoms with Gasteiger partial charge in [0.15, 0.2) is 0 Å². The van der Waals surface area contributed by atoms with Gasteiger partial charge in [-0.2, -0.15) is 0 Å². The lowest BCUT2D eigenvalue weighted by Crippen LogP contribution is -2.34. The van der Waals surface area contributed by atoms with Gasteiger partial charge in [-0.05, 0) is 31.2 Å². The van der Waals surface area contributed by atoms with E-state index in [4.69, 9.17) is 9.84 Å². The maximum absolute atomic E-state index is 10.7. The number of hydrogen-bond donors (Lipinski definition) is 1. The Kier molecular flexibility index (Phi) is 5.82. The summed E-state index contributed by atoms with van der Waals surface area (Å²) in [6.45, 7) is 3.63. The number of carboxylic acid groups (broad SMARTS) is 1. The lowest BCUT2D eigenvalue weighted by atomic mass is 10.1. The van der Waals surface area contributed by atoms with E-state index in [1.165, 1.54) is 0 Å². The number of ether oxygens (including phenoxy) is 1. The smallest absolute Gasteiger partial charge is 0.335 e. The molecule has 0 bridgehead atoms. The Balaban J connectivity index is 2.63. The van der Waals surface area contributed by atoms with Crippen LogP contribution in [-0.4, -0.2) is 42.8 Å². The van der Waals surface area contributed by atoms with E-state index < -0.39 is 5.97 Å². The van der Waals surface area contributed by atoms with Gasteiger partial charge in [-0.15, -0.1) is 0 Å². The largest absolute Gasteiger partial charge is 0.478 e. The average molecular weight is 251 g/mol. The molecule has 0 aliphatic rings. The van der Waals surface area contributed by atoms with Crippen molar-refractivity contribution in [2.24, 2.45) is 0 Å². The molecule has 0 amide bonds. The van der Waals surface area contributed by atoms with Crippen LogP contribution in [0.15, 0.2) is 24.3 Å². The average Bonchev–Trinajstić information content (AvgIpc) is 2.36. The van der Waals surface area contributed by atoms with Crippen LogP contribution in [0.5, 0.6) is 0 Å². The molecule has 0 spiro atoms. The molecule has 4 nitrogen and oxygen atoms in total. The van der Waals surface area contributed by atoms with Crippen molar-refractivity contribution in [1.82, 2.24) is 4.90 Å². The molecule has 0 heterocycles. The van der Waals surface area contributed by atoms with Crippen molar-refractivity contribution in [1.29, 1.82) is 0 Å². The number of methoxy groups -OCH3 is 1. The van der Waals surface area contributed by atoms with Crippen molar-refractivity contribution in [3.63, 3.8) is 0 Å². The quantitative estimate of drug-likeness (QED) is 0.807. The predicted octanol–water partition coefficient (Wildman–Crippen LogP) is 2.24. The summed E-state index contributed by atoms with van der Waals surface area (Å²) in [5.74, 6) is -0.888. The standard InChI is InChI=1S/C14H21NO3/c1-4-13(10-18-3)15(2)9-11-5-7-12(8-6-11)14(16)17/h5-8,13H,4,9-10H2,1-3H3,(H,16,17). The first kappa shape index (κ1) is 14.7. The molecule has 1 aromatic rings. The summed E-state index contributed by atoms with van der Waals surface area (Å²) in [5, 5.41) is 8.83. The molecule has 0 aliphatic carbocycles. The van der Waals surface area contributed by atoms with E-state index in [9.17, 15) is 4.79 Å². The molecular weight excluding hydrogens is 230 g/mol. The van der Waals surface area contributed by atoms with Crippen LogP contribution < -0.4 is 0 Å². The maximum Gasteiger partial charge on any atom is 0.335 e. The van der Waals surface area contributed by atoms with Crippen LogP contribution in [0.3, 0.4) is 0 Å². The van der Waals surface area contributed by atoms with Crippen LogP contribution in [0.1, 0.15) is 29.3 Å². The highest BCUT2D eigenvalue weighted by Gasteiger charge is 2.12. The van der Waals surface area contributed by atoms with Crippen LogP contribution in [0.2, 0.25) is 0 Å². The molecule has 0 aliphatic heterocycles. The number of likely N-dealkylation sites (N-methyl/N-ethyl adjacent to an activating group) is 1. The molecule has 1 rings (SSSR count). The van der Waals surface area contributed by atoms with E-state index in [1.54, 1.807) is 19.2 Å². The lowest BCUT2D eigenvalue weighted by molar-refractivity contribution is 0.0697. The van der Waals surface area contributed by atoms with Gasteiger partial charge in [0.05, 0.1) is 12.2 Å². The summed E-state index contributed by atoms with van der Waals surface area (Å²) in [4.78, 5) is 13.0. The van der Waals surface area contributed by atoms with Crippen molar-refractivity contribution in [3.8, 4) is 0 Å². The van der Waals surface area contributed by atoms with Gasteiger partial charge in [0.1, 0.15) is 0 Å². The fourth-order valence-electron chi connectivity index (χ4n) is 1.92. The van der Waals surface area contributed by atoms with E-state index in [0.29, 0.717) is 18.2 Å². The monoisotopic (exact) mass is 251 g/mol. The van der Waals surface area contributed by atoms with Gasteiger partial charge in [-0.1, -0.05) is 19.1 Å². The van der Waals surface area contributed by atoms with E-state index in [2.05, 4.69) is 18.9 Å². The van der Waals surface area contributed by atoms with Gasteiger partial charge in [-0.25, -0.2) is 4.79 Å². The second-order valence-electron chi connectivity index (χ2n) is 4.43. The predicted molar refractivity (Wildman–Crippen MR) is 70.8 cm³/mol. The normalized spacial score (nSPS) is 12.7. The minimum atomic E-state index is -0.888. The molecule has 0 saturated carbocycles. The number of carboxylic acids is 1. The SMILES string of the molecule is CCC(COC)N(C)Cc1ccc(C(=O)O)cc1. The number of aromatic carboxylic acids is 1. The molecule has 0 aromatic heterocycles. The molecule has 4 heteroatoms. The van der Waals surface area contributed by atoms with Crippen molar-refractivity contribution in [3.05, 3.63) is 35.4 Å². The summed E-state index contributed by atoms with van der Waals surface area (Å²) in [5.41, 5.74) is 1.43. The van der Waals surface area contributed by atoms with Crippen LogP contribution in [-0.2, 0) is 11.3 Å². The molecule has 1 unspecified atom stereocenters. The van der Waals surface area contributed by atoms with Gasteiger partial charge in [0.2, 0.25) is 0 Å². The topological polar surface area (TPSA) is 49.8 Å². The second kappa shape index (κ2) is 7.13. The number of nitrogens with zero attached hydrogens (tertiary/aromatic N) is 1. The Morgan fingerprint density at radius 3 is 2.44 bits per heavy atom. The Morgan fingerprint density at radius 2 is 2.00 bits per heavy atom. The molecule has 100 valence electrons. The van der Waals surface area contributed by atoms with E-state index in [0.717, 1.165) is 18.5 Å². The second-order valence-corrected chi connectivity index (χ2v) is 4.43. The van der Waals surface area contributed by atoms with Crippen LogP contribution >= 0.6 is 0 Å². The minimum absolute atomic E-state index is 0.324. The van der Waals surface area contributed by atoms with Gasteiger partial charge < -0.3 is 9.84 Å². The van der Waals surface area contributed by atoms with Crippen molar-refractivity contribution in [2.45, 2.75) is 25.9 Å². The molecular formula is C14H21NO3. The zero-order valence-corrected chi connectivity index (χ0v) is 11.2. The molecule has 1 atom stereocenters. The molecule has 1 aromatic carbocycles. The first-order chi connectivity index (χ1) is 8.58. The maximum atomic E-state index is 10.7. The Hall–Kier alpha value is -1.39. The summed E-state index contributed by atoms with van der Waals surface area (Å²) >= 11 is 0. The number of carbonyl (C=O) groups is 1. The number of rotatable bonds is 7.